The van der Waals surface area contributed by atoms with Crippen LogP contribution in [0.2, 0.25) is 0 Å². The Bertz CT molecular complexity index is 690. The highest BCUT2D eigenvalue weighted by molar-refractivity contribution is 7.33. The summed E-state index contributed by atoms with van der Waals surface area (Å²) < 4.78 is 29.1. The summed E-state index contributed by atoms with van der Waals surface area (Å²) in [7, 11) is -2.22. The monoisotopic (exact) mass is 345 g/mol. The van der Waals surface area contributed by atoms with Crippen LogP contribution >= 0.6 is 8.25 Å². The quantitative estimate of drug-likeness (QED) is 0.820. The third-order valence-electron chi connectivity index (χ3n) is 3.26. The van der Waals surface area contributed by atoms with Gasteiger partial charge in [0, 0.05) is 16.3 Å². The largest absolute Gasteiger partial charge is 0.698 e. The Morgan fingerprint density at radius 2 is 2.09 bits per heavy atom. The summed E-state index contributed by atoms with van der Waals surface area (Å²) in [5.74, 6) is 0. The Kier molecular flexibility index (Phi) is 5.52. The maximum Gasteiger partial charge on any atom is 0.698 e. The molecule has 1 aromatic heterocycles. The zero-order valence-electron chi connectivity index (χ0n) is 13.7. The fourth-order valence-electron chi connectivity index (χ4n) is 2.21. The second-order valence-corrected chi connectivity index (χ2v) is 7.38. The summed E-state index contributed by atoms with van der Waals surface area (Å²) in [5, 5.41) is 0. The first-order valence-electron chi connectivity index (χ1n) is 7.42. The van der Waals surface area contributed by atoms with E-state index in [0.29, 0.717) is 18.4 Å². The summed E-state index contributed by atoms with van der Waals surface area (Å²) in [5.41, 5.74) is -1.02. The van der Waals surface area contributed by atoms with Crippen molar-refractivity contribution in [2.24, 2.45) is 0 Å². The summed E-state index contributed by atoms with van der Waals surface area (Å²) in [6.07, 6.45) is 2.01. The fourth-order valence-corrected chi connectivity index (χ4v) is 3.00. The first-order valence-corrected chi connectivity index (χ1v) is 8.52. The van der Waals surface area contributed by atoms with E-state index in [0.717, 1.165) is 0 Å². The van der Waals surface area contributed by atoms with E-state index in [1.165, 1.54) is 10.8 Å². The molecule has 0 saturated carbocycles. The molecule has 0 radical (unpaired) electrons. The third-order valence-corrected chi connectivity index (χ3v) is 4.31. The Labute approximate surface area is 134 Å². The molecule has 1 aliphatic rings. The maximum atomic E-state index is 11.8. The van der Waals surface area contributed by atoms with Gasteiger partial charge in [0.1, 0.15) is 18.4 Å². The van der Waals surface area contributed by atoms with Gasteiger partial charge in [-0.15, -0.1) is 9.05 Å². The fraction of sp³-hybridized carbons (Fsp3) is 0.714. The number of ether oxygens (including phenoxy) is 1. The molecule has 0 amide bonds. The zero-order chi connectivity index (χ0) is 17.2. The van der Waals surface area contributed by atoms with Gasteiger partial charge in [-0.25, -0.2) is 4.79 Å². The molecule has 2 rings (SSSR count). The van der Waals surface area contributed by atoms with Crippen LogP contribution < -0.4 is 11.2 Å². The molecular weight excluding hydrogens is 323 g/mol. The first kappa shape index (κ1) is 18.0. The number of nitrogens with one attached hydrogen (secondary N) is 1. The van der Waals surface area contributed by atoms with Gasteiger partial charge in [-0.2, -0.15) is 0 Å². The topological polar surface area (TPSA) is 99.6 Å². The summed E-state index contributed by atoms with van der Waals surface area (Å²) in [4.78, 5) is 25.5. The lowest BCUT2D eigenvalue weighted by Crippen LogP contribution is -2.33. The Morgan fingerprint density at radius 1 is 1.39 bits per heavy atom. The Morgan fingerprint density at radius 3 is 2.74 bits per heavy atom. The molecule has 0 bridgehead atoms. The predicted molar refractivity (Wildman–Crippen MR) is 83.6 cm³/mol. The van der Waals surface area contributed by atoms with Gasteiger partial charge >= 0.3 is 13.9 Å². The molecule has 0 aromatic carbocycles. The van der Waals surface area contributed by atoms with Gasteiger partial charge in [0.2, 0.25) is 0 Å². The molecule has 9 heteroatoms. The van der Waals surface area contributed by atoms with Crippen LogP contribution in [0.5, 0.6) is 0 Å². The van der Waals surface area contributed by atoms with Crippen LogP contribution in [-0.4, -0.2) is 27.9 Å². The van der Waals surface area contributed by atoms with Crippen LogP contribution in [-0.2, 0) is 18.3 Å². The molecule has 1 saturated heterocycles. The van der Waals surface area contributed by atoms with E-state index in [4.69, 9.17) is 13.8 Å². The average Bonchev–Trinajstić information content (AvgIpc) is 2.87. The number of rotatable bonds is 5. The van der Waals surface area contributed by atoms with Gasteiger partial charge in [-0.1, -0.05) is 0 Å². The van der Waals surface area contributed by atoms with Crippen LogP contribution in [0.3, 0.4) is 0 Å². The van der Waals surface area contributed by atoms with Crippen molar-refractivity contribution in [3.63, 3.8) is 0 Å². The van der Waals surface area contributed by atoms with E-state index in [1.807, 2.05) is 0 Å². The predicted octanol–water partition coefficient (Wildman–Crippen LogP) is 2.01. The number of aromatic amines is 1. The van der Waals surface area contributed by atoms with Crippen molar-refractivity contribution >= 4 is 8.25 Å². The molecule has 1 aromatic rings. The molecule has 2 heterocycles. The second-order valence-electron chi connectivity index (χ2n) is 6.49. The number of hydrogen-bond donors (Lipinski definition) is 1. The van der Waals surface area contributed by atoms with E-state index in [1.54, 1.807) is 27.7 Å². The molecule has 3 atom stereocenters. The number of aryl methyl sites for hydroxylation is 1. The second kappa shape index (κ2) is 7.05. The summed E-state index contributed by atoms with van der Waals surface area (Å²) in [6, 6.07) is 0. The Hall–Kier alpha value is -1.34. The Balaban J connectivity index is 1.92. The van der Waals surface area contributed by atoms with Crippen LogP contribution in [0.25, 0.3) is 0 Å². The van der Waals surface area contributed by atoms with Crippen molar-refractivity contribution in [2.75, 3.05) is 6.61 Å². The van der Waals surface area contributed by atoms with E-state index >= 15 is 0 Å². The molecular formula is C14H22N2O6P+. The van der Waals surface area contributed by atoms with Crippen molar-refractivity contribution in [3.8, 4) is 0 Å². The molecule has 0 spiro atoms. The normalized spacial score (nSPS) is 22.3. The first-order chi connectivity index (χ1) is 10.7. The maximum absolute atomic E-state index is 11.8. The van der Waals surface area contributed by atoms with Crippen molar-refractivity contribution in [1.29, 1.82) is 0 Å². The molecule has 0 aliphatic carbocycles. The molecule has 1 aliphatic heterocycles. The van der Waals surface area contributed by atoms with Crippen molar-refractivity contribution in [1.82, 2.24) is 9.55 Å². The molecule has 1 unspecified atom stereocenters. The van der Waals surface area contributed by atoms with E-state index in [9.17, 15) is 14.2 Å². The third kappa shape index (κ3) is 5.07. The van der Waals surface area contributed by atoms with Crippen LogP contribution in [0.15, 0.2) is 15.8 Å². The lowest BCUT2D eigenvalue weighted by molar-refractivity contribution is -0.0233. The van der Waals surface area contributed by atoms with E-state index < -0.39 is 31.3 Å². The lowest BCUT2D eigenvalue weighted by atomic mass is 10.2. The van der Waals surface area contributed by atoms with Gasteiger partial charge in [0.25, 0.3) is 5.56 Å². The molecule has 128 valence electrons. The van der Waals surface area contributed by atoms with Crippen molar-refractivity contribution in [2.45, 2.75) is 58.5 Å². The molecule has 8 nitrogen and oxygen atoms in total. The zero-order valence-corrected chi connectivity index (χ0v) is 14.6. The highest BCUT2D eigenvalue weighted by Crippen LogP contribution is 2.33. The minimum absolute atomic E-state index is 0.124. The van der Waals surface area contributed by atoms with Gasteiger partial charge < -0.3 is 4.74 Å². The number of hydrogen-bond acceptors (Lipinski definition) is 6. The average molecular weight is 345 g/mol. The van der Waals surface area contributed by atoms with Gasteiger partial charge in [0.05, 0.1) is 6.10 Å². The standard InChI is InChI=1S/C14H21N2O6P/c1-9-7-16(13(18)15-12(9)17)11-6-5-10(21-11)8-20-23(19)22-14(2,3)4/h7,10-11H,5-6,8H2,1-4H3/p+1/t10-,11+/m0/s1. The van der Waals surface area contributed by atoms with Crippen LogP contribution in [0.4, 0.5) is 0 Å². The number of H-pyrrole nitrogens is 1. The van der Waals surface area contributed by atoms with E-state index in [-0.39, 0.29) is 12.7 Å². The summed E-state index contributed by atoms with van der Waals surface area (Å²) >= 11 is 0. The van der Waals surface area contributed by atoms with Crippen molar-refractivity contribution < 1.29 is 18.3 Å². The highest BCUT2D eigenvalue weighted by Gasteiger charge is 2.34. The smallest absolute Gasteiger partial charge is 0.352 e. The molecule has 23 heavy (non-hydrogen) atoms. The molecule has 1 N–H and O–H groups in total. The number of nitrogens with zero attached hydrogens (tertiary/aromatic N) is 1. The lowest BCUT2D eigenvalue weighted by Gasteiger charge is -2.15. The van der Waals surface area contributed by atoms with Crippen LogP contribution in [0, 0.1) is 6.92 Å². The highest BCUT2D eigenvalue weighted by atomic mass is 31.1. The van der Waals surface area contributed by atoms with Gasteiger partial charge in [0.15, 0.2) is 0 Å². The van der Waals surface area contributed by atoms with E-state index in [2.05, 4.69) is 4.98 Å². The van der Waals surface area contributed by atoms with Crippen LogP contribution in [0.1, 0.15) is 45.4 Å². The van der Waals surface area contributed by atoms with Gasteiger partial charge in [-0.3, -0.25) is 14.3 Å². The number of aromatic nitrogens is 2. The molecule has 1 fully saturated rings. The summed E-state index contributed by atoms with van der Waals surface area (Å²) in [6.45, 7) is 7.11. The SMILES string of the molecule is Cc1cn([C@H]2CC[C@@H](CO[P+](=O)OC(C)(C)C)O2)c(=O)[nH]c1=O. The van der Waals surface area contributed by atoms with Gasteiger partial charge in [-0.05, 0) is 40.5 Å². The van der Waals surface area contributed by atoms with Crippen molar-refractivity contribution in [3.05, 3.63) is 32.6 Å². The minimum Gasteiger partial charge on any atom is -0.352 e. The minimum atomic E-state index is -2.22.